The van der Waals surface area contributed by atoms with Gasteiger partial charge in [0, 0.05) is 24.5 Å². The molecule has 0 aliphatic carbocycles. The predicted octanol–water partition coefficient (Wildman–Crippen LogP) is 4.60. The van der Waals surface area contributed by atoms with Gasteiger partial charge in [-0.3, -0.25) is 14.5 Å². The maximum absolute atomic E-state index is 13.4. The van der Waals surface area contributed by atoms with Crippen LogP contribution in [0.5, 0.6) is 0 Å². The second-order valence-electron chi connectivity index (χ2n) is 8.76. The van der Waals surface area contributed by atoms with Crippen LogP contribution < -0.4 is 9.80 Å². The molecule has 1 aromatic heterocycles. The van der Waals surface area contributed by atoms with E-state index in [2.05, 4.69) is 39.1 Å². The molecule has 0 bridgehead atoms. The van der Waals surface area contributed by atoms with E-state index >= 15 is 0 Å². The topological polar surface area (TPSA) is 69.3 Å². The molecule has 6 rings (SSSR count). The summed E-state index contributed by atoms with van der Waals surface area (Å²) in [7, 11) is 0. The first kappa shape index (κ1) is 19.7. The minimum atomic E-state index is -0.561. The van der Waals surface area contributed by atoms with Gasteiger partial charge in [0.15, 0.2) is 0 Å². The van der Waals surface area contributed by atoms with Gasteiger partial charge in [-0.25, -0.2) is 4.98 Å². The molecule has 164 valence electrons. The van der Waals surface area contributed by atoms with Crippen LogP contribution in [-0.2, 0) is 9.59 Å². The van der Waals surface area contributed by atoms with E-state index in [1.807, 2.05) is 48.5 Å². The summed E-state index contributed by atoms with van der Waals surface area (Å²) in [6.07, 6.45) is 4.06. The second kappa shape index (κ2) is 7.89. The monoisotopic (exact) mass is 436 g/mol. The van der Waals surface area contributed by atoms with Crippen LogP contribution in [-0.4, -0.2) is 34.7 Å². The van der Waals surface area contributed by atoms with Gasteiger partial charge >= 0.3 is 0 Å². The Bertz CT molecular complexity index is 1320. The van der Waals surface area contributed by atoms with Crippen LogP contribution in [0.2, 0.25) is 0 Å². The van der Waals surface area contributed by atoms with E-state index in [-0.39, 0.29) is 5.78 Å². The number of anilines is 2. The number of Topliss-reactive ketones (excluding diaryl/α,β-unsaturated/α-hetero) is 1. The quantitative estimate of drug-likeness (QED) is 0.475. The molecule has 2 fully saturated rings. The van der Waals surface area contributed by atoms with E-state index in [1.165, 1.54) is 18.5 Å². The molecular formula is C27H24N4O2. The van der Waals surface area contributed by atoms with Crippen LogP contribution in [0.25, 0.3) is 11.0 Å². The summed E-state index contributed by atoms with van der Waals surface area (Å²) in [5, 5.41) is 0. The molecule has 4 aromatic rings. The smallest absolute Gasteiger partial charge is 0.295 e. The van der Waals surface area contributed by atoms with Gasteiger partial charge in [-0.05, 0) is 54.3 Å². The predicted molar refractivity (Wildman–Crippen MR) is 128 cm³/mol. The van der Waals surface area contributed by atoms with Crippen molar-refractivity contribution in [2.24, 2.45) is 0 Å². The SMILES string of the molecule is O=C1C(=O)N(c2ccc3nc[nH]c3c2)C(c2ccc(N3CCCC3)cc2)C1c1ccccc1. The molecule has 2 atom stereocenters. The number of hydrogen-bond donors (Lipinski definition) is 1. The molecule has 2 saturated heterocycles. The maximum atomic E-state index is 13.4. The summed E-state index contributed by atoms with van der Waals surface area (Å²) in [5.74, 6) is -1.41. The maximum Gasteiger partial charge on any atom is 0.295 e. The van der Waals surface area contributed by atoms with E-state index < -0.39 is 17.9 Å². The molecule has 0 radical (unpaired) electrons. The summed E-state index contributed by atoms with van der Waals surface area (Å²) in [6.45, 7) is 2.14. The normalized spacial score (nSPS) is 20.8. The van der Waals surface area contributed by atoms with Crippen molar-refractivity contribution in [2.45, 2.75) is 24.8 Å². The van der Waals surface area contributed by atoms with Crippen LogP contribution in [0.4, 0.5) is 11.4 Å². The molecule has 0 saturated carbocycles. The molecule has 3 heterocycles. The number of nitrogens with zero attached hydrogens (tertiary/aromatic N) is 3. The fourth-order valence-electron chi connectivity index (χ4n) is 5.22. The van der Waals surface area contributed by atoms with Crippen molar-refractivity contribution in [3.8, 4) is 0 Å². The molecule has 3 aromatic carbocycles. The number of imidazole rings is 1. The molecule has 6 nitrogen and oxygen atoms in total. The number of hydrogen-bond acceptors (Lipinski definition) is 4. The average Bonchev–Trinajstić information content (AvgIpc) is 3.60. The summed E-state index contributed by atoms with van der Waals surface area (Å²) < 4.78 is 0. The number of fused-ring (bicyclic) bond motifs is 1. The zero-order valence-corrected chi connectivity index (χ0v) is 18.1. The largest absolute Gasteiger partial charge is 0.372 e. The Hall–Kier alpha value is -3.93. The van der Waals surface area contributed by atoms with Crippen LogP contribution in [0.3, 0.4) is 0 Å². The summed E-state index contributed by atoms with van der Waals surface area (Å²) in [5.41, 5.74) is 5.35. The molecule has 2 aliphatic rings. The van der Waals surface area contributed by atoms with Crippen molar-refractivity contribution in [2.75, 3.05) is 22.9 Å². The number of carbonyl (C=O) groups is 2. The lowest BCUT2D eigenvalue weighted by atomic mass is 9.86. The highest BCUT2D eigenvalue weighted by Gasteiger charge is 2.49. The third kappa shape index (κ3) is 3.30. The number of benzene rings is 3. The molecule has 6 heteroatoms. The Balaban J connectivity index is 1.46. The number of nitrogens with one attached hydrogen (secondary N) is 1. The van der Waals surface area contributed by atoms with Crippen LogP contribution >= 0.6 is 0 Å². The van der Waals surface area contributed by atoms with Gasteiger partial charge in [0.05, 0.1) is 29.3 Å². The summed E-state index contributed by atoms with van der Waals surface area (Å²) in [6, 6.07) is 23.2. The van der Waals surface area contributed by atoms with E-state index in [9.17, 15) is 9.59 Å². The Kier molecular flexibility index (Phi) is 4.72. The van der Waals surface area contributed by atoms with Gasteiger partial charge in [-0.2, -0.15) is 0 Å². The highest BCUT2D eigenvalue weighted by Crippen LogP contribution is 2.45. The lowest BCUT2D eigenvalue weighted by Gasteiger charge is -2.28. The third-order valence-corrected chi connectivity index (χ3v) is 6.85. The minimum Gasteiger partial charge on any atom is -0.372 e. The standard InChI is InChI=1S/C27H24N4O2/c32-26-24(18-6-2-1-3-7-18)25(19-8-10-20(11-9-19)30-14-4-5-15-30)31(27(26)33)21-12-13-22-23(16-21)29-17-28-22/h1-3,6-13,16-17,24-25H,4-5,14-15H2,(H,28,29). The number of aromatic nitrogens is 2. The van der Waals surface area contributed by atoms with Crippen LogP contribution in [0, 0.1) is 0 Å². The van der Waals surface area contributed by atoms with E-state index in [0.717, 1.165) is 35.2 Å². The summed E-state index contributed by atoms with van der Waals surface area (Å²) >= 11 is 0. The number of ketones is 1. The molecule has 0 spiro atoms. The highest BCUT2D eigenvalue weighted by atomic mass is 16.2. The van der Waals surface area contributed by atoms with Crippen molar-refractivity contribution in [1.29, 1.82) is 0 Å². The van der Waals surface area contributed by atoms with Crippen molar-refractivity contribution >= 4 is 34.1 Å². The van der Waals surface area contributed by atoms with Crippen molar-refractivity contribution in [3.63, 3.8) is 0 Å². The molecule has 1 N–H and O–H groups in total. The van der Waals surface area contributed by atoms with Crippen molar-refractivity contribution in [1.82, 2.24) is 9.97 Å². The first-order valence-electron chi connectivity index (χ1n) is 11.4. The molecular weight excluding hydrogens is 412 g/mol. The zero-order valence-electron chi connectivity index (χ0n) is 18.1. The fraction of sp³-hybridized carbons (Fsp3) is 0.222. The van der Waals surface area contributed by atoms with Crippen molar-refractivity contribution < 1.29 is 9.59 Å². The summed E-state index contributed by atoms with van der Waals surface area (Å²) in [4.78, 5) is 38.1. The van der Waals surface area contributed by atoms with E-state index in [1.54, 1.807) is 11.2 Å². The molecule has 1 amide bonds. The number of amides is 1. The Morgan fingerprint density at radius 1 is 0.818 bits per heavy atom. The number of aromatic amines is 1. The fourth-order valence-corrected chi connectivity index (χ4v) is 5.22. The average molecular weight is 437 g/mol. The van der Waals surface area contributed by atoms with Gasteiger partial charge in [-0.15, -0.1) is 0 Å². The van der Waals surface area contributed by atoms with Gasteiger partial charge in [0.1, 0.15) is 0 Å². The van der Waals surface area contributed by atoms with Gasteiger partial charge < -0.3 is 9.88 Å². The van der Waals surface area contributed by atoms with Crippen LogP contribution in [0.15, 0.2) is 79.1 Å². The Morgan fingerprint density at radius 3 is 2.30 bits per heavy atom. The Labute approximate surface area is 191 Å². The first-order valence-corrected chi connectivity index (χ1v) is 11.4. The van der Waals surface area contributed by atoms with Crippen molar-refractivity contribution in [3.05, 3.63) is 90.3 Å². The molecule has 2 aliphatic heterocycles. The molecule has 33 heavy (non-hydrogen) atoms. The van der Waals surface area contributed by atoms with Gasteiger partial charge in [-0.1, -0.05) is 42.5 Å². The van der Waals surface area contributed by atoms with Crippen LogP contribution in [0.1, 0.15) is 35.9 Å². The number of carbonyl (C=O) groups excluding carboxylic acids is 2. The zero-order chi connectivity index (χ0) is 22.4. The number of H-pyrrole nitrogens is 1. The highest BCUT2D eigenvalue weighted by molar-refractivity contribution is 6.46. The first-order chi connectivity index (χ1) is 16.2. The van der Waals surface area contributed by atoms with Gasteiger partial charge in [0.25, 0.3) is 5.91 Å². The Morgan fingerprint density at radius 2 is 1.55 bits per heavy atom. The van der Waals surface area contributed by atoms with E-state index in [4.69, 9.17) is 0 Å². The van der Waals surface area contributed by atoms with Gasteiger partial charge in [0.2, 0.25) is 5.78 Å². The second-order valence-corrected chi connectivity index (χ2v) is 8.76. The lowest BCUT2D eigenvalue weighted by Crippen LogP contribution is -2.29. The minimum absolute atomic E-state index is 0.375. The number of rotatable bonds is 4. The lowest BCUT2D eigenvalue weighted by molar-refractivity contribution is -0.134. The molecule has 2 unspecified atom stereocenters. The third-order valence-electron chi connectivity index (χ3n) is 6.85. The van der Waals surface area contributed by atoms with E-state index in [0.29, 0.717) is 5.69 Å².